The lowest BCUT2D eigenvalue weighted by atomic mass is 10.1. The molecule has 2 rings (SSSR count). The van der Waals surface area contributed by atoms with Gasteiger partial charge in [0.15, 0.2) is 0 Å². The summed E-state index contributed by atoms with van der Waals surface area (Å²) in [6.07, 6.45) is 7.32. The summed E-state index contributed by atoms with van der Waals surface area (Å²) in [6, 6.07) is 6.63. The van der Waals surface area contributed by atoms with E-state index < -0.39 is 0 Å². The maximum absolute atomic E-state index is 12.2. The van der Waals surface area contributed by atoms with Gasteiger partial charge < -0.3 is 15.1 Å². The number of carbonyl (C=O) groups excluding carboxylic acids is 1. The van der Waals surface area contributed by atoms with E-state index in [0.29, 0.717) is 6.54 Å². The van der Waals surface area contributed by atoms with Gasteiger partial charge >= 0.3 is 0 Å². The molecule has 1 heterocycles. The Morgan fingerprint density at radius 1 is 1.25 bits per heavy atom. The molecular formula is C16H21NO3. The van der Waals surface area contributed by atoms with Crippen LogP contribution in [0.5, 0.6) is 5.75 Å². The van der Waals surface area contributed by atoms with Crippen LogP contribution >= 0.6 is 0 Å². The first-order valence-corrected chi connectivity index (χ1v) is 7.09. The molecule has 4 heteroatoms. The van der Waals surface area contributed by atoms with Crippen molar-refractivity contribution in [3.05, 3.63) is 35.9 Å². The van der Waals surface area contributed by atoms with Crippen LogP contribution in [0.15, 0.2) is 30.3 Å². The van der Waals surface area contributed by atoms with Gasteiger partial charge in [-0.15, -0.1) is 0 Å². The fourth-order valence-corrected chi connectivity index (χ4v) is 2.51. The van der Waals surface area contributed by atoms with Crippen molar-refractivity contribution in [2.24, 2.45) is 0 Å². The second-order valence-electron chi connectivity index (χ2n) is 5.14. The van der Waals surface area contributed by atoms with E-state index in [1.807, 2.05) is 0 Å². The number of nitrogens with zero attached hydrogens (tertiary/aromatic N) is 1. The Morgan fingerprint density at radius 3 is 2.70 bits per heavy atom. The summed E-state index contributed by atoms with van der Waals surface area (Å²) >= 11 is 0. The number of amides is 1. The lowest BCUT2D eigenvalue weighted by Gasteiger charge is -2.27. The Labute approximate surface area is 119 Å². The average Bonchev–Trinajstić information content (AvgIpc) is 2.71. The van der Waals surface area contributed by atoms with E-state index in [2.05, 4.69) is 0 Å². The molecule has 108 valence electrons. The fraction of sp³-hybridized carbons (Fsp3) is 0.438. The number of carbonyl (C=O) groups is 1. The van der Waals surface area contributed by atoms with Crippen molar-refractivity contribution in [2.75, 3.05) is 13.2 Å². The highest BCUT2D eigenvalue weighted by Crippen LogP contribution is 2.17. The van der Waals surface area contributed by atoms with Gasteiger partial charge in [0.1, 0.15) is 5.75 Å². The van der Waals surface area contributed by atoms with Gasteiger partial charge in [-0.25, -0.2) is 0 Å². The zero-order chi connectivity index (χ0) is 14.4. The Kier molecular flexibility index (Phi) is 5.18. The summed E-state index contributed by atoms with van der Waals surface area (Å²) in [7, 11) is 0. The number of rotatable bonds is 3. The quantitative estimate of drug-likeness (QED) is 0.831. The number of aliphatic hydroxyl groups is 1. The lowest BCUT2D eigenvalue weighted by molar-refractivity contribution is -0.129. The molecule has 1 aromatic rings. The van der Waals surface area contributed by atoms with Crippen LogP contribution < -0.4 is 0 Å². The Balaban J connectivity index is 2.03. The van der Waals surface area contributed by atoms with Gasteiger partial charge in [-0.3, -0.25) is 4.79 Å². The van der Waals surface area contributed by atoms with Crippen molar-refractivity contribution in [1.29, 1.82) is 0 Å². The van der Waals surface area contributed by atoms with Crippen LogP contribution in [0.25, 0.3) is 6.08 Å². The average molecular weight is 275 g/mol. The van der Waals surface area contributed by atoms with Crippen LogP contribution in [0.1, 0.15) is 31.2 Å². The molecule has 1 aromatic carbocycles. The predicted octanol–water partition coefficient (Wildman–Crippen LogP) is 2.17. The summed E-state index contributed by atoms with van der Waals surface area (Å²) in [4.78, 5) is 14.0. The van der Waals surface area contributed by atoms with E-state index in [1.165, 1.54) is 0 Å². The molecule has 1 aliphatic heterocycles. The Hall–Kier alpha value is -1.81. The third-order valence-corrected chi connectivity index (χ3v) is 3.68. The number of phenolic OH excluding ortho intramolecular Hbond substituents is 1. The molecule has 0 saturated carbocycles. The molecule has 0 radical (unpaired) electrons. The van der Waals surface area contributed by atoms with Gasteiger partial charge in [0.05, 0.1) is 12.6 Å². The maximum Gasteiger partial charge on any atom is 0.246 e. The van der Waals surface area contributed by atoms with E-state index in [-0.39, 0.29) is 24.3 Å². The predicted molar refractivity (Wildman–Crippen MR) is 78.2 cm³/mol. The van der Waals surface area contributed by atoms with E-state index in [4.69, 9.17) is 0 Å². The van der Waals surface area contributed by atoms with E-state index in [0.717, 1.165) is 31.2 Å². The highest BCUT2D eigenvalue weighted by atomic mass is 16.3. The second-order valence-corrected chi connectivity index (χ2v) is 5.14. The number of likely N-dealkylation sites (tertiary alicyclic amines) is 1. The highest BCUT2D eigenvalue weighted by Gasteiger charge is 2.22. The third kappa shape index (κ3) is 3.84. The van der Waals surface area contributed by atoms with Gasteiger partial charge in [0, 0.05) is 12.6 Å². The van der Waals surface area contributed by atoms with Crippen molar-refractivity contribution >= 4 is 12.0 Å². The number of hydrogen-bond donors (Lipinski definition) is 2. The Morgan fingerprint density at radius 2 is 2.00 bits per heavy atom. The number of aliphatic hydroxyl groups excluding tert-OH is 1. The molecule has 4 nitrogen and oxygen atoms in total. The van der Waals surface area contributed by atoms with Crippen LogP contribution in [0.3, 0.4) is 0 Å². The minimum Gasteiger partial charge on any atom is -0.508 e. The van der Waals surface area contributed by atoms with E-state index in [9.17, 15) is 15.0 Å². The number of benzene rings is 1. The number of hydrogen-bond acceptors (Lipinski definition) is 3. The zero-order valence-corrected chi connectivity index (χ0v) is 11.5. The van der Waals surface area contributed by atoms with Crippen LogP contribution in [0.2, 0.25) is 0 Å². The molecule has 0 aliphatic carbocycles. The fourth-order valence-electron chi connectivity index (χ4n) is 2.51. The van der Waals surface area contributed by atoms with Crippen LogP contribution in [0.4, 0.5) is 0 Å². The molecule has 2 N–H and O–H groups in total. The molecule has 0 spiro atoms. The van der Waals surface area contributed by atoms with Gasteiger partial charge in [-0.2, -0.15) is 0 Å². The standard InChI is InChI=1S/C16H21NO3/c18-12-14-4-2-1-3-11-17(14)16(20)10-7-13-5-8-15(19)9-6-13/h5-10,14,18-19H,1-4,11-12H2/b10-7+. The molecule has 0 bridgehead atoms. The van der Waals surface area contributed by atoms with Gasteiger partial charge in [0.25, 0.3) is 0 Å². The molecule has 1 saturated heterocycles. The second kappa shape index (κ2) is 7.10. The molecule has 1 unspecified atom stereocenters. The molecule has 1 fully saturated rings. The zero-order valence-electron chi connectivity index (χ0n) is 11.5. The molecule has 20 heavy (non-hydrogen) atoms. The summed E-state index contributed by atoms with van der Waals surface area (Å²) < 4.78 is 0. The van der Waals surface area contributed by atoms with E-state index >= 15 is 0 Å². The molecule has 0 aromatic heterocycles. The summed E-state index contributed by atoms with van der Waals surface area (Å²) in [5.74, 6) is 0.153. The van der Waals surface area contributed by atoms with Gasteiger partial charge in [0.2, 0.25) is 5.91 Å². The molecule has 1 aliphatic rings. The smallest absolute Gasteiger partial charge is 0.246 e. The highest BCUT2D eigenvalue weighted by molar-refractivity contribution is 5.92. The number of phenols is 1. The summed E-state index contributed by atoms with van der Waals surface area (Å²) in [5, 5.41) is 18.6. The van der Waals surface area contributed by atoms with Crippen molar-refractivity contribution in [1.82, 2.24) is 4.90 Å². The van der Waals surface area contributed by atoms with Crippen molar-refractivity contribution in [2.45, 2.75) is 31.7 Å². The first-order chi connectivity index (χ1) is 9.70. The minimum absolute atomic E-state index is 0.0266. The largest absolute Gasteiger partial charge is 0.508 e. The van der Waals surface area contributed by atoms with Crippen LogP contribution in [0, 0.1) is 0 Å². The van der Waals surface area contributed by atoms with Crippen LogP contribution in [-0.4, -0.2) is 40.2 Å². The van der Waals surface area contributed by atoms with Gasteiger partial charge in [-0.05, 0) is 36.6 Å². The lowest BCUT2D eigenvalue weighted by Crippen LogP contribution is -2.41. The third-order valence-electron chi connectivity index (χ3n) is 3.68. The van der Waals surface area contributed by atoms with Crippen LogP contribution in [-0.2, 0) is 4.79 Å². The first kappa shape index (κ1) is 14.6. The number of aromatic hydroxyl groups is 1. The summed E-state index contributed by atoms with van der Waals surface area (Å²) in [5.41, 5.74) is 0.867. The van der Waals surface area contributed by atoms with Crippen molar-refractivity contribution in [3.8, 4) is 5.75 Å². The molecule has 1 amide bonds. The summed E-state index contributed by atoms with van der Waals surface area (Å²) in [6.45, 7) is 0.739. The molecule has 1 atom stereocenters. The van der Waals surface area contributed by atoms with Gasteiger partial charge in [-0.1, -0.05) is 25.0 Å². The molecular weight excluding hydrogens is 254 g/mol. The SMILES string of the molecule is O=C(/C=C/c1ccc(O)cc1)N1CCCCCC1CO. The van der Waals surface area contributed by atoms with Crippen molar-refractivity contribution < 1.29 is 15.0 Å². The van der Waals surface area contributed by atoms with Crippen molar-refractivity contribution in [3.63, 3.8) is 0 Å². The monoisotopic (exact) mass is 275 g/mol. The minimum atomic E-state index is -0.0607. The Bertz CT molecular complexity index is 467. The topological polar surface area (TPSA) is 60.8 Å². The van der Waals surface area contributed by atoms with E-state index in [1.54, 1.807) is 41.3 Å². The normalized spacial score (nSPS) is 20.1. The first-order valence-electron chi connectivity index (χ1n) is 7.09. The maximum atomic E-state index is 12.2.